The molecule has 0 fully saturated rings. The fraction of sp³-hybridized carbons (Fsp3) is 0.192. The number of hydrogen-bond donors (Lipinski definition) is 2. The van der Waals surface area contributed by atoms with Gasteiger partial charge in [-0.25, -0.2) is 0 Å². The number of aromatic nitrogens is 1. The van der Waals surface area contributed by atoms with Crippen LogP contribution in [-0.2, 0) is 0 Å². The van der Waals surface area contributed by atoms with Crippen molar-refractivity contribution in [2.45, 2.75) is 34.6 Å². The van der Waals surface area contributed by atoms with Crippen molar-refractivity contribution in [3.05, 3.63) is 76.5 Å². The molecule has 4 rings (SSSR count). The summed E-state index contributed by atoms with van der Waals surface area (Å²) in [5.74, 6) is 0. The molecule has 4 N–H and O–H groups in total. The van der Waals surface area contributed by atoms with E-state index in [2.05, 4.69) is 71.0 Å². The molecule has 146 valence electrons. The second kappa shape index (κ2) is 6.93. The third-order valence-electron chi connectivity index (χ3n) is 6.18. The van der Waals surface area contributed by atoms with Crippen LogP contribution in [0, 0.1) is 34.6 Å². The SMILES string of the molecule is Cc1ccc(-c2c(C)nc3ccccc3c2-c2ccc(C)c(C)c2N)c(N)c1C. The van der Waals surface area contributed by atoms with Gasteiger partial charge in [0, 0.05) is 44.7 Å². The molecule has 0 aliphatic rings. The van der Waals surface area contributed by atoms with Gasteiger partial charge in [-0.1, -0.05) is 42.5 Å². The number of benzene rings is 3. The lowest BCUT2D eigenvalue weighted by Crippen LogP contribution is -2.03. The minimum absolute atomic E-state index is 0.800. The maximum absolute atomic E-state index is 6.64. The highest BCUT2D eigenvalue weighted by Crippen LogP contribution is 2.44. The average molecular weight is 382 g/mol. The fourth-order valence-corrected chi connectivity index (χ4v) is 4.06. The average Bonchev–Trinajstić information content (AvgIpc) is 2.71. The standard InChI is InChI=1S/C26H27N3/c1-14-10-12-20(25(27)16(14)3)23-18(5)29-22-9-7-6-8-19(22)24(23)21-13-11-15(2)17(4)26(21)28/h6-13H,27-28H2,1-5H3. The van der Waals surface area contributed by atoms with Crippen molar-refractivity contribution in [3.63, 3.8) is 0 Å². The number of anilines is 2. The van der Waals surface area contributed by atoms with E-state index in [-0.39, 0.29) is 0 Å². The molecular formula is C26H27N3. The quantitative estimate of drug-likeness (QED) is 0.402. The Labute approximate surface area is 172 Å². The highest BCUT2D eigenvalue weighted by molar-refractivity contribution is 6.07. The second-order valence-corrected chi connectivity index (χ2v) is 7.90. The van der Waals surface area contributed by atoms with Gasteiger partial charge in [0.05, 0.1) is 5.52 Å². The first-order valence-electron chi connectivity index (χ1n) is 9.92. The zero-order valence-corrected chi connectivity index (χ0v) is 17.7. The fourth-order valence-electron chi connectivity index (χ4n) is 4.06. The summed E-state index contributed by atoms with van der Waals surface area (Å²) in [5, 5.41) is 1.08. The Morgan fingerprint density at radius 1 is 0.621 bits per heavy atom. The first kappa shape index (κ1) is 19.0. The zero-order chi connectivity index (χ0) is 20.9. The van der Waals surface area contributed by atoms with Gasteiger partial charge >= 0.3 is 0 Å². The first-order chi connectivity index (χ1) is 13.8. The predicted molar refractivity (Wildman–Crippen MR) is 125 cm³/mol. The van der Waals surface area contributed by atoms with Gasteiger partial charge in [-0.2, -0.15) is 0 Å². The number of nitrogens with zero attached hydrogens (tertiary/aromatic N) is 1. The van der Waals surface area contributed by atoms with Gasteiger partial charge in [-0.05, 0) is 62.9 Å². The Balaban J connectivity index is 2.20. The highest BCUT2D eigenvalue weighted by atomic mass is 14.7. The molecule has 3 nitrogen and oxygen atoms in total. The topological polar surface area (TPSA) is 64.9 Å². The van der Waals surface area contributed by atoms with Gasteiger partial charge < -0.3 is 11.5 Å². The number of rotatable bonds is 2. The number of hydrogen-bond acceptors (Lipinski definition) is 3. The highest BCUT2D eigenvalue weighted by Gasteiger charge is 2.21. The monoisotopic (exact) mass is 381 g/mol. The van der Waals surface area contributed by atoms with E-state index in [1.165, 1.54) is 11.1 Å². The summed E-state index contributed by atoms with van der Waals surface area (Å²) in [6.45, 7) is 10.4. The maximum atomic E-state index is 6.64. The molecule has 0 saturated carbocycles. The summed E-state index contributed by atoms with van der Waals surface area (Å²) in [6.07, 6.45) is 0. The van der Waals surface area contributed by atoms with Crippen LogP contribution in [0.1, 0.15) is 27.9 Å². The van der Waals surface area contributed by atoms with Crippen LogP contribution in [-0.4, -0.2) is 4.98 Å². The van der Waals surface area contributed by atoms with E-state index in [4.69, 9.17) is 16.5 Å². The smallest absolute Gasteiger partial charge is 0.0711 e. The molecule has 0 aliphatic heterocycles. The van der Waals surface area contributed by atoms with Crippen LogP contribution in [0.4, 0.5) is 11.4 Å². The molecule has 1 aromatic heterocycles. The van der Waals surface area contributed by atoms with Gasteiger partial charge in [-0.3, -0.25) is 4.98 Å². The summed E-state index contributed by atoms with van der Waals surface area (Å²) in [4.78, 5) is 4.90. The maximum Gasteiger partial charge on any atom is 0.0711 e. The zero-order valence-electron chi connectivity index (χ0n) is 17.7. The minimum atomic E-state index is 0.800. The van der Waals surface area contributed by atoms with E-state index < -0.39 is 0 Å². The lowest BCUT2D eigenvalue weighted by atomic mass is 9.86. The molecular weight excluding hydrogens is 354 g/mol. The van der Waals surface area contributed by atoms with E-state index in [0.717, 1.165) is 61.4 Å². The minimum Gasteiger partial charge on any atom is -0.398 e. The van der Waals surface area contributed by atoms with Crippen molar-refractivity contribution < 1.29 is 0 Å². The Kier molecular flexibility index (Phi) is 4.54. The molecule has 0 atom stereocenters. The molecule has 0 unspecified atom stereocenters. The van der Waals surface area contributed by atoms with Gasteiger partial charge in [0.15, 0.2) is 0 Å². The van der Waals surface area contributed by atoms with Gasteiger partial charge in [0.2, 0.25) is 0 Å². The molecule has 1 heterocycles. The molecule has 4 aromatic rings. The molecule has 0 aliphatic carbocycles. The molecule has 0 amide bonds. The second-order valence-electron chi connectivity index (χ2n) is 7.90. The Morgan fingerprint density at radius 2 is 1.14 bits per heavy atom. The van der Waals surface area contributed by atoms with Crippen LogP contribution in [0.25, 0.3) is 33.2 Å². The van der Waals surface area contributed by atoms with Gasteiger partial charge in [0.1, 0.15) is 0 Å². The molecule has 0 saturated heterocycles. The van der Waals surface area contributed by atoms with Crippen LogP contribution in [0.3, 0.4) is 0 Å². The van der Waals surface area contributed by atoms with Crippen LogP contribution < -0.4 is 11.5 Å². The third-order valence-corrected chi connectivity index (χ3v) is 6.18. The number of nitrogen functional groups attached to an aromatic ring is 2. The Morgan fingerprint density at radius 3 is 1.72 bits per heavy atom. The van der Waals surface area contributed by atoms with Crippen molar-refractivity contribution in [3.8, 4) is 22.3 Å². The first-order valence-corrected chi connectivity index (χ1v) is 9.92. The summed E-state index contributed by atoms with van der Waals surface area (Å²) in [7, 11) is 0. The van der Waals surface area contributed by atoms with Crippen LogP contribution in [0.5, 0.6) is 0 Å². The van der Waals surface area contributed by atoms with E-state index in [1.54, 1.807) is 0 Å². The van der Waals surface area contributed by atoms with Crippen molar-refractivity contribution in [2.24, 2.45) is 0 Å². The van der Waals surface area contributed by atoms with Crippen molar-refractivity contribution >= 4 is 22.3 Å². The molecule has 0 spiro atoms. The van der Waals surface area contributed by atoms with Crippen molar-refractivity contribution in [1.82, 2.24) is 4.98 Å². The molecule has 0 radical (unpaired) electrons. The van der Waals surface area contributed by atoms with Crippen molar-refractivity contribution in [2.75, 3.05) is 11.5 Å². The largest absolute Gasteiger partial charge is 0.398 e. The predicted octanol–water partition coefficient (Wildman–Crippen LogP) is 6.28. The van der Waals surface area contributed by atoms with Gasteiger partial charge in [-0.15, -0.1) is 0 Å². The number of pyridine rings is 1. The van der Waals surface area contributed by atoms with E-state index in [0.29, 0.717) is 0 Å². The van der Waals surface area contributed by atoms with Crippen molar-refractivity contribution in [1.29, 1.82) is 0 Å². The lowest BCUT2D eigenvalue weighted by molar-refractivity contribution is 1.25. The number of aryl methyl sites for hydroxylation is 3. The third kappa shape index (κ3) is 2.94. The Bertz CT molecular complexity index is 1270. The van der Waals surface area contributed by atoms with E-state index >= 15 is 0 Å². The summed E-state index contributed by atoms with van der Waals surface area (Å²) < 4.78 is 0. The molecule has 3 heteroatoms. The van der Waals surface area contributed by atoms with E-state index in [1.807, 2.05) is 12.1 Å². The summed E-state index contributed by atoms with van der Waals surface area (Å²) >= 11 is 0. The van der Waals surface area contributed by atoms with Crippen LogP contribution in [0.2, 0.25) is 0 Å². The normalized spacial score (nSPS) is 11.2. The lowest BCUT2D eigenvalue weighted by Gasteiger charge is -2.21. The summed E-state index contributed by atoms with van der Waals surface area (Å²) in [5.41, 5.74) is 25.6. The van der Waals surface area contributed by atoms with Gasteiger partial charge in [0.25, 0.3) is 0 Å². The summed E-state index contributed by atoms with van der Waals surface area (Å²) in [6, 6.07) is 16.7. The van der Waals surface area contributed by atoms with E-state index in [9.17, 15) is 0 Å². The van der Waals surface area contributed by atoms with Crippen LogP contribution in [0.15, 0.2) is 48.5 Å². The van der Waals surface area contributed by atoms with Crippen LogP contribution >= 0.6 is 0 Å². The number of para-hydroxylation sites is 1. The molecule has 3 aromatic carbocycles. The number of fused-ring (bicyclic) bond motifs is 1. The molecule has 29 heavy (non-hydrogen) atoms. The Hall–Kier alpha value is -3.33. The number of nitrogens with two attached hydrogens (primary N) is 2. The molecule has 0 bridgehead atoms.